The minimum absolute atomic E-state index is 0.189. The summed E-state index contributed by atoms with van der Waals surface area (Å²) in [5, 5.41) is 2.45. The molecule has 25 heavy (non-hydrogen) atoms. The van der Waals surface area contributed by atoms with Gasteiger partial charge in [-0.1, -0.05) is 48.5 Å². The number of nitrogens with zero attached hydrogens (tertiary/aromatic N) is 3. The zero-order chi connectivity index (χ0) is 17.2. The smallest absolute Gasteiger partial charge is 0.266 e. The summed E-state index contributed by atoms with van der Waals surface area (Å²) in [6.07, 6.45) is 3.45. The Morgan fingerprint density at radius 3 is 2.52 bits per heavy atom. The highest BCUT2D eigenvalue weighted by atomic mass is 32.1. The lowest BCUT2D eigenvalue weighted by atomic mass is 10.2. The third-order valence-corrected chi connectivity index (χ3v) is 4.90. The molecule has 0 N–H and O–H groups in total. The lowest BCUT2D eigenvalue weighted by Crippen LogP contribution is -2.32. The van der Waals surface area contributed by atoms with Crippen LogP contribution in [-0.4, -0.2) is 16.7 Å². The van der Waals surface area contributed by atoms with Crippen molar-refractivity contribution in [2.75, 3.05) is 4.90 Å². The fourth-order valence-corrected chi connectivity index (χ4v) is 3.42. The third kappa shape index (κ3) is 3.01. The van der Waals surface area contributed by atoms with Gasteiger partial charge in [-0.2, -0.15) is 0 Å². The van der Waals surface area contributed by atoms with E-state index in [1.807, 2.05) is 60.0 Å². The molecule has 2 heterocycles. The molecular weight excluding hydrogens is 350 g/mol. The first kappa shape index (κ1) is 15.8. The van der Waals surface area contributed by atoms with Gasteiger partial charge in [0.2, 0.25) is 0 Å². The van der Waals surface area contributed by atoms with E-state index in [4.69, 9.17) is 0 Å². The number of anilines is 1. The molecule has 1 aromatic heterocycles. The number of thiol groups is 1. The van der Waals surface area contributed by atoms with Crippen LogP contribution >= 0.6 is 24.0 Å². The maximum Gasteiger partial charge on any atom is 0.284 e. The van der Waals surface area contributed by atoms with Crippen molar-refractivity contribution in [1.82, 2.24) is 4.98 Å². The van der Waals surface area contributed by atoms with Gasteiger partial charge in [0, 0.05) is 22.0 Å². The Morgan fingerprint density at radius 2 is 1.80 bits per heavy atom. The van der Waals surface area contributed by atoms with Gasteiger partial charge in [0.05, 0.1) is 0 Å². The second-order valence-electron chi connectivity index (χ2n) is 5.35. The van der Waals surface area contributed by atoms with Crippen LogP contribution in [0.5, 0.6) is 0 Å². The maximum atomic E-state index is 13.0. The van der Waals surface area contributed by atoms with Crippen LogP contribution in [0.25, 0.3) is 6.08 Å². The molecule has 0 spiro atoms. The number of benzene rings is 2. The third-order valence-electron chi connectivity index (χ3n) is 3.73. The second kappa shape index (κ2) is 6.66. The van der Waals surface area contributed by atoms with Gasteiger partial charge in [-0.15, -0.1) is 24.0 Å². The fraction of sp³-hybridized carbons (Fsp3) is 0. The van der Waals surface area contributed by atoms with Crippen LogP contribution in [-0.2, 0) is 4.79 Å². The van der Waals surface area contributed by atoms with Crippen LogP contribution in [0.15, 0.2) is 81.8 Å². The first-order valence-corrected chi connectivity index (χ1v) is 8.94. The number of amidine groups is 1. The molecule has 0 bridgehead atoms. The number of rotatable bonds is 3. The van der Waals surface area contributed by atoms with Crippen molar-refractivity contribution in [3.8, 4) is 0 Å². The van der Waals surface area contributed by atoms with Crippen molar-refractivity contribution in [2.45, 2.75) is 4.90 Å². The van der Waals surface area contributed by atoms with Crippen LogP contribution in [0.2, 0.25) is 0 Å². The largest absolute Gasteiger partial charge is 0.284 e. The summed E-state index contributed by atoms with van der Waals surface area (Å²) in [5.74, 6) is 0.397. The van der Waals surface area contributed by atoms with Gasteiger partial charge < -0.3 is 0 Å². The second-order valence-corrected chi connectivity index (χ2v) is 6.70. The molecule has 1 aliphatic rings. The summed E-state index contributed by atoms with van der Waals surface area (Å²) in [6, 6.07) is 17.3. The lowest BCUT2D eigenvalue weighted by molar-refractivity contribution is -0.113. The van der Waals surface area contributed by atoms with Gasteiger partial charge in [0.25, 0.3) is 5.91 Å². The molecule has 1 aliphatic heterocycles. The molecule has 3 aromatic rings. The summed E-state index contributed by atoms with van der Waals surface area (Å²) in [6.45, 7) is 0. The van der Waals surface area contributed by atoms with E-state index in [0.29, 0.717) is 16.7 Å². The van der Waals surface area contributed by atoms with Gasteiger partial charge in [-0.25, -0.2) is 14.9 Å². The first-order chi connectivity index (χ1) is 12.2. The SMILES string of the molecule is O=C1C(=Cc2ccccc2S)N=C(c2ccccc2)N1c1nccs1. The molecule has 0 fully saturated rings. The van der Waals surface area contributed by atoms with Crippen molar-refractivity contribution in [3.63, 3.8) is 0 Å². The van der Waals surface area contributed by atoms with Crippen LogP contribution in [0.4, 0.5) is 5.13 Å². The van der Waals surface area contributed by atoms with E-state index >= 15 is 0 Å². The maximum absolute atomic E-state index is 13.0. The number of aliphatic imine (C=N–C) groups is 1. The minimum Gasteiger partial charge on any atom is -0.266 e. The number of carbonyl (C=O) groups is 1. The molecule has 6 heteroatoms. The van der Waals surface area contributed by atoms with Crippen molar-refractivity contribution in [2.24, 2.45) is 4.99 Å². The molecule has 2 aromatic carbocycles. The minimum atomic E-state index is -0.189. The zero-order valence-electron chi connectivity index (χ0n) is 13.0. The van der Waals surface area contributed by atoms with E-state index in [1.165, 1.54) is 11.3 Å². The predicted octanol–water partition coefficient (Wildman–Crippen LogP) is 4.27. The summed E-state index contributed by atoms with van der Waals surface area (Å²) in [7, 11) is 0. The molecule has 0 saturated carbocycles. The van der Waals surface area contributed by atoms with Crippen molar-refractivity contribution >= 4 is 46.9 Å². The Bertz CT molecular complexity index is 979. The summed E-state index contributed by atoms with van der Waals surface area (Å²) in [4.78, 5) is 24.2. The van der Waals surface area contributed by atoms with Crippen molar-refractivity contribution in [3.05, 3.63) is 83.0 Å². The predicted molar refractivity (Wildman–Crippen MR) is 104 cm³/mol. The van der Waals surface area contributed by atoms with Gasteiger partial charge in [-0.3, -0.25) is 4.79 Å². The van der Waals surface area contributed by atoms with Crippen molar-refractivity contribution < 1.29 is 4.79 Å². The molecule has 122 valence electrons. The standard InChI is InChI=1S/C19H13N3OS2/c23-18-15(12-14-8-4-5-9-16(14)24)21-17(13-6-2-1-3-7-13)22(18)19-20-10-11-25-19/h1-12,24H. The molecule has 0 saturated heterocycles. The van der Waals surface area contributed by atoms with Gasteiger partial charge in [0.15, 0.2) is 5.13 Å². The van der Waals surface area contributed by atoms with E-state index in [-0.39, 0.29) is 5.91 Å². The van der Waals surface area contributed by atoms with Crippen molar-refractivity contribution in [1.29, 1.82) is 0 Å². The van der Waals surface area contributed by atoms with Crippen LogP contribution in [0.1, 0.15) is 11.1 Å². The first-order valence-electron chi connectivity index (χ1n) is 7.62. The van der Waals surface area contributed by atoms with E-state index in [9.17, 15) is 4.79 Å². The number of aromatic nitrogens is 1. The Balaban J connectivity index is 1.83. The van der Waals surface area contributed by atoms with E-state index in [2.05, 4.69) is 22.6 Å². The van der Waals surface area contributed by atoms with Gasteiger partial charge in [0.1, 0.15) is 11.5 Å². The molecular formula is C19H13N3OS2. The fourth-order valence-electron chi connectivity index (χ4n) is 2.56. The average molecular weight is 363 g/mol. The van der Waals surface area contributed by atoms with E-state index in [1.54, 1.807) is 17.2 Å². The van der Waals surface area contributed by atoms with Gasteiger partial charge in [-0.05, 0) is 17.7 Å². The quantitative estimate of drug-likeness (QED) is 0.558. The Labute approximate surface area is 154 Å². The highest BCUT2D eigenvalue weighted by Gasteiger charge is 2.33. The van der Waals surface area contributed by atoms with Crippen LogP contribution in [0.3, 0.4) is 0 Å². The number of hydrogen-bond donors (Lipinski definition) is 1. The van der Waals surface area contributed by atoms with E-state index < -0.39 is 0 Å². The average Bonchev–Trinajstić information content (AvgIpc) is 3.26. The summed E-state index contributed by atoms with van der Waals surface area (Å²) >= 11 is 5.85. The molecule has 0 unspecified atom stereocenters. The number of thiazole rings is 1. The summed E-state index contributed by atoms with van der Waals surface area (Å²) < 4.78 is 0. The normalized spacial score (nSPS) is 15.7. The Kier molecular flexibility index (Phi) is 4.21. The highest BCUT2D eigenvalue weighted by molar-refractivity contribution is 7.80. The molecule has 1 amide bonds. The molecule has 0 radical (unpaired) electrons. The molecule has 0 aliphatic carbocycles. The number of carbonyl (C=O) groups excluding carboxylic acids is 1. The van der Waals surface area contributed by atoms with Crippen LogP contribution in [0, 0.1) is 0 Å². The monoisotopic (exact) mass is 363 g/mol. The molecule has 4 nitrogen and oxygen atoms in total. The summed E-state index contributed by atoms with van der Waals surface area (Å²) in [5.41, 5.74) is 2.09. The number of hydrogen-bond acceptors (Lipinski definition) is 5. The topological polar surface area (TPSA) is 45.6 Å². The van der Waals surface area contributed by atoms with E-state index in [0.717, 1.165) is 16.0 Å². The molecule has 0 atom stereocenters. The Morgan fingerprint density at radius 1 is 1.04 bits per heavy atom. The number of amides is 1. The Hall–Kier alpha value is -2.70. The molecule has 4 rings (SSSR count). The highest BCUT2D eigenvalue weighted by Crippen LogP contribution is 2.29. The van der Waals surface area contributed by atoms with Gasteiger partial charge >= 0.3 is 0 Å². The zero-order valence-corrected chi connectivity index (χ0v) is 14.7. The van der Waals surface area contributed by atoms with Crippen LogP contribution < -0.4 is 4.90 Å². The lowest BCUT2D eigenvalue weighted by Gasteiger charge is -2.14.